The summed E-state index contributed by atoms with van der Waals surface area (Å²) in [5.74, 6) is 0.882. The molecular formula is C19H27N3O3. The van der Waals surface area contributed by atoms with E-state index >= 15 is 0 Å². The molecule has 0 heterocycles. The monoisotopic (exact) mass is 345 g/mol. The summed E-state index contributed by atoms with van der Waals surface area (Å²) < 4.78 is 4.75. The van der Waals surface area contributed by atoms with E-state index in [2.05, 4.69) is 17.6 Å². The number of carbonyl (C=O) groups excluding carboxylic acids is 1. The molecule has 136 valence electrons. The molecule has 6 nitrogen and oxygen atoms in total. The molecule has 0 saturated heterocycles. The molecule has 2 saturated carbocycles. The minimum absolute atomic E-state index is 0.0784. The second-order valence-electron chi connectivity index (χ2n) is 7.07. The van der Waals surface area contributed by atoms with Crippen LogP contribution in [-0.4, -0.2) is 36.2 Å². The van der Waals surface area contributed by atoms with E-state index in [4.69, 9.17) is 9.73 Å². The van der Waals surface area contributed by atoms with Crippen molar-refractivity contribution in [2.24, 2.45) is 10.9 Å². The lowest BCUT2D eigenvalue weighted by molar-refractivity contribution is 0.0601. The first-order chi connectivity index (χ1) is 12.1. The number of rotatable bonds is 4. The Hall–Kier alpha value is -2.24. The second kappa shape index (κ2) is 7.76. The summed E-state index contributed by atoms with van der Waals surface area (Å²) in [6, 6.07) is 5.35. The van der Waals surface area contributed by atoms with Gasteiger partial charge < -0.3 is 20.5 Å². The smallest absolute Gasteiger partial charge is 0.337 e. The number of aliphatic imine (C=N–C) groups is 1. The number of phenolic OH excluding ortho intramolecular Hbond substituents is 1. The molecule has 3 N–H and O–H groups in total. The van der Waals surface area contributed by atoms with Crippen molar-refractivity contribution in [3.05, 3.63) is 23.8 Å². The number of methoxy groups -OCH3 is 1. The minimum atomic E-state index is -0.433. The van der Waals surface area contributed by atoms with E-state index in [-0.39, 0.29) is 11.8 Å². The number of anilines is 1. The topological polar surface area (TPSA) is 83.0 Å². The van der Waals surface area contributed by atoms with Gasteiger partial charge in [0.25, 0.3) is 0 Å². The number of phenols is 1. The number of hydrogen-bond acceptors (Lipinski definition) is 4. The summed E-state index contributed by atoms with van der Waals surface area (Å²) in [4.78, 5) is 16.6. The zero-order valence-electron chi connectivity index (χ0n) is 14.9. The predicted molar refractivity (Wildman–Crippen MR) is 98.1 cm³/mol. The van der Waals surface area contributed by atoms with Crippen molar-refractivity contribution in [2.45, 2.75) is 57.5 Å². The Labute approximate surface area is 148 Å². The zero-order valence-corrected chi connectivity index (χ0v) is 14.9. The van der Waals surface area contributed by atoms with Crippen LogP contribution in [0.1, 0.15) is 55.8 Å². The molecule has 25 heavy (non-hydrogen) atoms. The molecule has 3 rings (SSSR count). The third kappa shape index (κ3) is 4.65. The van der Waals surface area contributed by atoms with Crippen LogP contribution in [0.25, 0.3) is 0 Å². The number of guanidine groups is 1. The molecule has 0 spiro atoms. The van der Waals surface area contributed by atoms with Gasteiger partial charge in [0.15, 0.2) is 5.96 Å². The summed E-state index contributed by atoms with van der Waals surface area (Å²) in [5.41, 5.74) is 0.845. The molecule has 2 aliphatic carbocycles. The largest absolute Gasteiger partial charge is 0.506 e. The van der Waals surface area contributed by atoms with Crippen LogP contribution in [0, 0.1) is 5.92 Å². The highest BCUT2D eigenvalue weighted by Gasteiger charge is 2.26. The molecule has 0 aliphatic heterocycles. The van der Waals surface area contributed by atoms with Gasteiger partial charge in [-0.25, -0.2) is 9.79 Å². The molecular weight excluding hydrogens is 318 g/mol. The van der Waals surface area contributed by atoms with Gasteiger partial charge in [-0.3, -0.25) is 0 Å². The van der Waals surface area contributed by atoms with Gasteiger partial charge in [-0.05, 0) is 49.8 Å². The molecule has 2 fully saturated rings. The lowest BCUT2D eigenvalue weighted by Gasteiger charge is -2.26. The molecule has 0 radical (unpaired) electrons. The van der Waals surface area contributed by atoms with Crippen molar-refractivity contribution in [2.75, 3.05) is 12.4 Å². The van der Waals surface area contributed by atoms with E-state index in [1.165, 1.54) is 32.4 Å². The van der Waals surface area contributed by atoms with Crippen LogP contribution >= 0.6 is 0 Å². The lowest BCUT2D eigenvalue weighted by atomic mass is 9.86. The fourth-order valence-electron chi connectivity index (χ4n) is 3.19. The van der Waals surface area contributed by atoms with E-state index < -0.39 is 5.97 Å². The third-order valence-corrected chi connectivity index (χ3v) is 4.95. The highest BCUT2D eigenvalue weighted by atomic mass is 16.5. The highest BCUT2D eigenvalue weighted by molar-refractivity contribution is 5.98. The van der Waals surface area contributed by atoms with E-state index in [1.54, 1.807) is 12.1 Å². The van der Waals surface area contributed by atoms with Crippen LogP contribution in [0.5, 0.6) is 5.75 Å². The van der Waals surface area contributed by atoms with Crippen LogP contribution < -0.4 is 10.6 Å². The number of aromatic hydroxyl groups is 1. The van der Waals surface area contributed by atoms with E-state index in [1.807, 2.05) is 0 Å². The first kappa shape index (κ1) is 17.6. The van der Waals surface area contributed by atoms with Crippen molar-refractivity contribution >= 4 is 17.6 Å². The SMILES string of the molecule is COC(=O)c1ccc(O)c(NC(=NC2CCCCC2C)NC2CC2)c1. The van der Waals surface area contributed by atoms with Gasteiger partial charge in [-0.15, -0.1) is 0 Å². The second-order valence-corrected chi connectivity index (χ2v) is 7.07. The van der Waals surface area contributed by atoms with Crippen molar-refractivity contribution in [3.63, 3.8) is 0 Å². The molecule has 2 unspecified atom stereocenters. The summed E-state index contributed by atoms with van der Waals surface area (Å²) in [7, 11) is 1.34. The minimum Gasteiger partial charge on any atom is -0.506 e. The fourth-order valence-corrected chi connectivity index (χ4v) is 3.19. The lowest BCUT2D eigenvalue weighted by Crippen LogP contribution is -2.35. The van der Waals surface area contributed by atoms with Crippen molar-refractivity contribution in [1.29, 1.82) is 0 Å². The summed E-state index contributed by atoms with van der Waals surface area (Å²) >= 11 is 0. The molecule has 1 aromatic carbocycles. The number of nitrogens with zero attached hydrogens (tertiary/aromatic N) is 1. The summed E-state index contributed by atoms with van der Waals surface area (Å²) in [6.45, 7) is 2.25. The first-order valence-electron chi connectivity index (χ1n) is 9.09. The third-order valence-electron chi connectivity index (χ3n) is 4.95. The van der Waals surface area contributed by atoms with Crippen LogP contribution in [0.2, 0.25) is 0 Å². The average molecular weight is 345 g/mol. The van der Waals surface area contributed by atoms with Crippen LogP contribution in [0.15, 0.2) is 23.2 Å². The van der Waals surface area contributed by atoms with Crippen LogP contribution in [0.3, 0.4) is 0 Å². The molecule has 0 aromatic heterocycles. The Morgan fingerprint density at radius 1 is 1.24 bits per heavy atom. The van der Waals surface area contributed by atoms with Gasteiger partial charge in [0.2, 0.25) is 0 Å². The Morgan fingerprint density at radius 3 is 2.68 bits per heavy atom. The van der Waals surface area contributed by atoms with Gasteiger partial charge in [0.05, 0.1) is 24.4 Å². The first-order valence-corrected chi connectivity index (χ1v) is 9.09. The van der Waals surface area contributed by atoms with Gasteiger partial charge in [-0.1, -0.05) is 19.8 Å². The highest BCUT2D eigenvalue weighted by Crippen LogP contribution is 2.28. The van der Waals surface area contributed by atoms with Crippen LogP contribution in [-0.2, 0) is 4.74 Å². The van der Waals surface area contributed by atoms with Gasteiger partial charge in [-0.2, -0.15) is 0 Å². The Balaban J connectivity index is 1.81. The number of carbonyl (C=O) groups is 1. The number of esters is 1. The zero-order chi connectivity index (χ0) is 17.8. The van der Waals surface area contributed by atoms with E-state index in [0.717, 1.165) is 19.3 Å². The van der Waals surface area contributed by atoms with E-state index in [0.29, 0.717) is 29.2 Å². The Bertz CT molecular complexity index is 655. The normalized spacial score (nSPS) is 23.8. The van der Waals surface area contributed by atoms with Crippen molar-refractivity contribution in [1.82, 2.24) is 5.32 Å². The molecule has 0 amide bonds. The predicted octanol–water partition coefficient (Wildman–Crippen LogP) is 3.28. The van der Waals surface area contributed by atoms with Gasteiger partial charge >= 0.3 is 5.97 Å². The molecule has 0 bridgehead atoms. The maximum atomic E-state index is 11.7. The molecule has 2 atom stereocenters. The molecule has 6 heteroatoms. The molecule has 2 aliphatic rings. The van der Waals surface area contributed by atoms with Crippen molar-refractivity contribution in [3.8, 4) is 5.75 Å². The van der Waals surface area contributed by atoms with Gasteiger partial charge in [0.1, 0.15) is 5.75 Å². The fraction of sp³-hybridized carbons (Fsp3) is 0.579. The van der Waals surface area contributed by atoms with Crippen LogP contribution in [0.4, 0.5) is 5.69 Å². The van der Waals surface area contributed by atoms with Gasteiger partial charge in [0, 0.05) is 6.04 Å². The quantitative estimate of drug-likeness (QED) is 0.338. The number of nitrogens with one attached hydrogen (secondary N) is 2. The number of hydrogen-bond donors (Lipinski definition) is 3. The maximum absolute atomic E-state index is 11.7. The number of ether oxygens (including phenoxy) is 1. The van der Waals surface area contributed by atoms with Crippen molar-refractivity contribution < 1.29 is 14.6 Å². The van der Waals surface area contributed by atoms with E-state index in [9.17, 15) is 9.90 Å². The standard InChI is InChI=1S/C19H27N3O3/c1-12-5-3-4-6-15(12)21-19(20-14-8-9-14)22-16-11-13(18(24)25-2)7-10-17(16)23/h7,10-12,14-15,23H,3-6,8-9H2,1-2H3,(H2,20,21,22). The summed E-state index contributed by atoms with van der Waals surface area (Å²) in [5, 5.41) is 16.7. The Morgan fingerprint density at radius 2 is 2.00 bits per heavy atom. The average Bonchev–Trinajstić information content (AvgIpc) is 3.42. The Kier molecular flexibility index (Phi) is 5.46. The molecule has 1 aromatic rings. The number of benzene rings is 1. The maximum Gasteiger partial charge on any atom is 0.337 e. The summed E-state index contributed by atoms with van der Waals surface area (Å²) in [6.07, 6.45) is 7.04.